The van der Waals surface area contributed by atoms with Crippen LogP contribution < -0.4 is 5.32 Å². The van der Waals surface area contributed by atoms with E-state index in [2.05, 4.69) is 25.3 Å². The molecule has 2 atom stereocenters. The molecule has 6 heteroatoms. The van der Waals surface area contributed by atoms with Gasteiger partial charge >= 0.3 is 0 Å². The molecule has 3 aliphatic rings. The minimum Gasteiger partial charge on any atom is -0.338 e. The van der Waals surface area contributed by atoms with Crippen LogP contribution in [-0.4, -0.2) is 59.7 Å². The van der Waals surface area contributed by atoms with Crippen molar-refractivity contribution in [3.8, 4) is 0 Å². The summed E-state index contributed by atoms with van der Waals surface area (Å²) >= 11 is 0. The second-order valence-electron chi connectivity index (χ2n) is 4.85. The maximum Gasteiger partial charge on any atom is 0.243 e. The molecular weight excluding hydrogens is 218 g/mol. The first-order valence-corrected chi connectivity index (χ1v) is 6.25. The number of nitrogens with zero attached hydrogens (tertiary/aromatic N) is 4. The Labute approximate surface area is 101 Å². The number of piperazine rings is 3. The topological polar surface area (TPSA) is 57.4 Å². The van der Waals surface area contributed by atoms with E-state index in [-0.39, 0.29) is 6.04 Å². The van der Waals surface area contributed by atoms with Crippen LogP contribution in [0.2, 0.25) is 0 Å². The van der Waals surface area contributed by atoms with Crippen molar-refractivity contribution in [2.45, 2.75) is 19.0 Å². The molecule has 0 spiro atoms. The van der Waals surface area contributed by atoms with Gasteiger partial charge in [0.05, 0.1) is 12.1 Å². The van der Waals surface area contributed by atoms with Gasteiger partial charge in [-0.3, -0.25) is 9.80 Å². The Hall–Kier alpha value is -0.980. The fourth-order valence-electron chi connectivity index (χ4n) is 2.54. The summed E-state index contributed by atoms with van der Waals surface area (Å²) in [5, 5.41) is 7.24. The summed E-state index contributed by atoms with van der Waals surface area (Å²) in [6.45, 7) is 7.65. The number of aromatic nitrogens is 2. The Morgan fingerprint density at radius 1 is 1.35 bits per heavy atom. The summed E-state index contributed by atoms with van der Waals surface area (Å²) in [6, 6.07) is 0.436. The number of fused-ring (bicyclic) bond motifs is 3. The van der Waals surface area contributed by atoms with E-state index in [0.29, 0.717) is 11.9 Å². The van der Waals surface area contributed by atoms with Gasteiger partial charge in [0, 0.05) is 32.7 Å². The predicted octanol–water partition coefficient (Wildman–Crippen LogP) is 0.0223. The fraction of sp³-hybridized carbons (Fsp3) is 0.818. The first-order chi connectivity index (χ1) is 8.28. The molecule has 1 N–H and O–H groups in total. The number of hydrogen-bond acceptors (Lipinski definition) is 6. The highest BCUT2D eigenvalue weighted by molar-refractivity contribution is 5.02. The molecule has 0 radical (unpaired) electrons. The third kappa shape index (κ3) is 1.96. The second-order valence-corrected chi connectivity index (χ2v) is 4.85. The van der Waals surface area contributed by atoms with Crippen LogP contribution >= 0.6 is 0 Å². The van der Waals surface area contributed by atoms with Crippen molar-refractivity contribution in [1.82, 2.24) is 25.3 Å². The van der Waals surface area contributed by atoms with Crippen LogP contribution in [0.15, 0.2) is 4.52 Å². The normalized spacial score (nSPS) is 33.9. The summed E-state index contributed by atoms with van der Waals surface area (Å²) in [7, 11) is 1.90. The summed E-state index contributed by atoms with van der Waals surface area (Å²) in [4.78, 5) is 9.45. The molecule has 3 aliphatic heterocycles. The molecule has 2 bridgehead atoms. The summed E-state index contributed by atoms with van der Waals surface area (Å²) in [5.74, 6) is 1.52. The van der Waals surface area contributed by atoms with Gasteiger partial charge in [-0.15, -0.1) is 0 Å². The molecule has 2 unspecified atom stereocenters. The summed E-state index contributed by atoms with van der Waals surface area (Å²) in [6.07, 6.45) is 0. The highest BCUT2D eigenvalue weighted by atomic mass is 16.5. The molecule has 94 valence electrons. The molecule has 0 amide bonds. The molecule has 0 saturated carbocycles. The smallest absolute Gasteiger partial charge is 0.243 e. The van der Waals surface area contributed by atoms with Crippen LogP contribution in [0.3, 0.4) is 0 Å². The van der Waals surface area contributed by atoms with E-state index in [1.165, 1.54) is 13.1 Å². The number of rotatable bonds is 3. The van der Waals surface area contributed by atoms with E-state index in [1.807, 2.05) is 14.0 Å². The predicted molar refractivity (Wildman–Crippen MR) is 62.5 cm³/mol. The van der Waals surface area contributed by atoms with Crippen molar-refractivity contribution >= 4 is 0 Å². The van der Waals surface area contributed by atoms with Crippen LogP contribution in [0, 0.1) is 0 Å². The molecule has 17 heavy (non-hydrogen) atoms. The minimum absolute atomic E-state index is 0.118. The van der Waals surface area contributed by atoms with Crippen molar-refractivity contribution in [1.29, 1.82) is 0 Å². The average Bonchev–Trinajstić information content (AvgIpc) is 2.88. The third-order valence-corrected chi connectivity index (χ3v) is 3.84. The summed E-state index contributed by atoms with van der Waals surface area (Å²) in [5.41, 5.74) is 0. The molecule has 1 aromatic rings. The lowest BCUT2D eigenvalue weighted by Gasteiger charge is -2.46. The molecule has 3 saturated heterocycles. The zero-order valence-corrected chi connectivity index (χ0v) is 10.4. The first-order valence-electron chi connectivity index (χ1n) is 6.25. The van der Waals surface area contributed by atoms with Crippen molar-refractivity contribution in [2.24, 2.45) is 0 Å². The average molecular weight is 237 g/mol. The molecular formula is C11H19N5O. The Kier molecular flexibility index (Phi) is 2.85. The Balaban J connectivity index is 1.78. The standard InChI is InChI=1S/C11H19N5O/c1-8(12-2)11-13-10(14-17-11)9-7-15-3-5-16(9)6-4-15/h8-9,12H,3-7H2,1-2H3. The van der Waals surface area contributed by atoms with E-state index in [0.717, 1.165) is 25.5 Å². The highest BCUT2D eigenvalue weighted by Crippen LogP contribution is 2.27. The molecule has 3 fully saturated rings. The lowest BCUT2D eigenvalue weighted by atomic mass is 10.1. The zero-order chi connectivity index (χ0) is 11.8. The molecule has 0 aromatic carbocycles. The van der Waals surface area contributed by atoms with Crippen LogP contribution in [0.25, 0.3) is 0 Å². The van der Waals surface area contributed by atoms with Crippen molar-refractivity contribution < 1.29 is 4.52 Å². The Morgan fingerprint density at radius 3 is 2.71 bits per heavy atom. The van der Waals surface area contributed by atoms with Crippen LogP contribution in [0.5, 0.6) is 0 Å². The van der Waals surface area contributed by atoms with Gasteiger partial charge < -0.3 is 9.84 Å². The van der Waals surface area contributed by atoms with Gasteiger partial charge in [-0.1, -0.05) is 5.16 Å². The van der Waals surface area contributed by atoms with Gasteiger partial charge in [0.25, 0.3) is 0 Å². The maximum atomic E-state index is 5.31. The Morgan fingerprint density at radius 2 is 2.12 bits per heavy atom. The molecule has 4 heterocycles. The largest absolute Gasteiger partial charge is 0.338 e. The van der Waals surface area contributed by atoms with Gasteiger partial charge in [-0.25, -0.2) is 0 Å². The van der Waals surface area contributed by atoms with Crippen molar-refractivity contribution in [3.05, 3.63) is 11.7 Å². The maximum absolute atomic E-state index is 5.31. The number of nitrogens with one attached hydrogen (secondary N) is 1. The first kappa shape index (κ1) is 11.1. The van der Waals surface area contributed by atoms with E-state index in [9.17, 15) is 0 Å². The lowest BCUT2D eigenvalue weighted by molar-refractivity contribution is 0.00781. The molecule has 4 rings (SSSR count). The number of hydrogen-bond donors (Lipinski definition) is 1. The quantitative estimate of drug-likeness (QED) is 0.800. The van der Waals surface area contributed by atoms with Gasteiger partial charge in [-0.2, -0.15) is 4.98 Å². The fourth-order valence-corrected chi connectivity index (χ4v) is 2.54. The van der Waals surface area contributed by atoms with Crippen LogP contribution in [0.1, 0.15) is 30.7 Å². The van der Waals surface area contributed by atoms with Gasteiger partial charge in [0.2, 0.25) is 5.89 Å². The van der Waals surface area contributed by atoms with Crippen molar-refractivity contribution in [2.75, 3.05) is 39.8 Å². The van der Waals surface area contributed by atoms with E-state index >= 15 is 0 Å². The van der Waals surface area contributed by atoms with Crippen LogP contribution in [-0.2, 0) is 0 Å². The van der Waals surface area contributed by atoms with E-state index in [4.69, 9.17) is 4.52 Å². The third-order valence-electron chi connectivity index (χ3n) is 3.84. The minimum atomic E-state index is 0.118. The SMILES string of the molecule is CNC(C)c1nc(C2CN3CCN2CC3)no1. The van der Waals surface area contributed by atoms with Gasteiger partial charge in [-0.05, 0) is 14.0 Å². The van der Waals surface area contributed by atoms with E-state index in [1.54, 1.807) is 0 Å². The van der Waals surface area contributed by atoms with Crippen LogP contribution in [0.4, 0.5) is 0 Å². The molecule has 0 aliphatic carbocycles. The Bertz CT molecular complexity index is 385. The monoisotopic (exact) mass is 237 g/mol. The second kappa shape index (κ2) is 4.36. The van der Waals surface area contributed by atoms with E-state index < -0.39 is 0 Å². The zero-order valence-electron chi connectivity index (χ0n) is 10.4. The molecule has 6 nitrogen and oxygen atoms in total. The summed E-state index contributed by atoms with van der Waals surface area (Å²) < 4.78 is 5.31. The van der Waals surface area contributed by atoms with Gasteiger partial charge in [0.15, 0.2) is 5.82 Å². The lowest BCUT2D eigenvalue weighted by Crippen LogP contribution is -2.57. The van der Waals surface area contributed by atoms with Gasteiger partial charge in [0.1, 0.15) is 0 Å². The molecule has 1 aromatic heterocycles. The highest BCUT2D eigenvalue weighted by Gasteiger charge is 2.35. The van der Waals surface area contributed by atoms with Crippen molar-refractivity contribution in [3.63, 3.8) is 0 Å².